The molecule has 0 spiro atoms. The average Bonchev–Trinajstić information content (AvgIpc) is 2.53. The first-order valence-corrected chi connectivity index (χ1v) is 4.50. The normalized spacial score (nSPS) is 27.8. The summed E-state index contributed by atoms with van der Waals surface area (Å²) in [6, 6.07) is 8.22. The highest BCUT2D eigenvalue weighted by Gasteiger charge is 2.22. The summed E-state index contributed by atoms with van der Waals surface area (Å²) in [6.45, 7) is 4.11. The second-order valence-electron chi connectivity index (χ2n) is 3.36. The molecule has 3 nitrogen and oxygen atoms in total. The third kappa shape index (κ3) is 1.72. The topological polar surface area (TPSA) is 33.3 Å². The second kappa shape index (κ2) is 3.46. The number of hydrogen-bond donors (Lipinski definition) is 2. The van der Waals surface area contributed by atoms with Crippen molar-refractivity contribution in [1.29, 1.82) is 0 Å². The van der Waals surface area contributed by atoms with E-state index in [-0.39, 0.29) is 12.4 Å². The van der Waals surface area contributed by atoms with Crippen molar-refractivity contribution in [3.05, 3.63) is 35.4 Å². The van der Waals surface area contributed by atoms with Crippen LogP contribution in [0.2, 0.25) is 0 Å². The van der Waals surface area contributed by atoms with Crippen LogP contribution in [0.25, 0.3) is 0 Å². The fraction of sp³-hybridized carbons (Fsp3) is 0.400. The van der Waals surface area contributed by atoms with Crippen molar-refractivity contribution < 1.29 is 4.84 Å². The quantitative estimate of drug-likeness (QED) is 0.683. The maximum Gasteiger partial charge on any atom is 0.156 e. The van der Waals surface area contributed by atoms with E-state index in [1.807, 2.05) is 19.1 Å². The van der Waals surface area contributed by atoms with Crippen molar-refractivity contribution in [2.45, 2.75) is 26.2 Å². The van der Waals surface area contributed by atoms with Crippen LogP contribution in [0, 0.1) is 6.92 Å². The standard InChI is InChI=1S/C10H14N2O/c1-7-5-3-4-6-9(7)10-11-8(2)12-13-10/h3-6,8,10-12H,1-2H3. The molecule has 1 aliphatic heterocycles. The summed E-state index contributed by atoms with van der Waals surface area (Å²) in [4.78, 5) is 5.37. The molecule has 3 heteroatoms. The lowest BCUT2D eigenvalue weighted by Gasteiger charge is -2.11. The Bertz CT molecular complexity index is 301. The van der Waals surface area contributed by atoms with Gasteiger partial charge < -0.3 is 0 Å². The van der Waals surface area contributed by atoms with Crippen LogP contribution in [-0.4, -0.2) is 6.17 Å². The largest absolute Gasteiger partial charge is 0.276 e. The summed E-state index contributed by atoms with van der Waals surface area (Å²) in [5, 5.41) is 3.28. The van der Waals surface area contributed by atoms with Gasteiger partial charge in [-0.1, -0.05) is 24.3 Å². The van der Waals surface area contributed by atoms with Gasteiger partial charge in [0.15, 0.2) is 6.23 Å². The Morgan fingerprint density at radius 1 is 1.31 bits per heavy atom. The minimum absolute atomic E-state index is 0.0174. The van der Waals surface area contributed by atoms with Gasteiger partial charge in [-0.05, 0) is 19.4 Å². The summed E-state index contributed by atoms with van der Waals surface area (Å²) >= 11 is 0. The zero-order valence-corrected chi connectivity index (χ0v) is 7.87. The molecule has 2 unspecified atom stereocenters. The SMILES string of the molecule is Cc1ccccc1C1NC(C)NO1. The molecular formula is C10H14N2O. The van der Waals surface area contributed by atoms with Crippen molar-refractivity contribution in [3.8, 4) is 0 Å². The Kier molecular flexibility index (Phi) is 2.31. The van der Waals surface area contributed by atoms with E-state index in [4.69, 9.17) is 4.84 Å². The molecule has 0 aliphatic carbocycles. The number of nitrogens with one attached hydrogen (secondary N) is 2. The summed E-state index contributed by atoms with van der Waals surface area (Å²) < 4.78 is 0. The highest BCUT2D eigenvalue weighted by atomic mass is 16.7. The number of hydrogen-bond acceptors (Lipinski definition) is 3. The van der Waals surface area contributed by atoms with E-state index >= 15 is 0 Å². The highest BCUT2D eigenvalue weighted by Crippen LogP contribution is 2.20. The highest BCUT2D eigenvalue weighted by molar-refractivity contribution is 5.27. The van der Waals surface area contributed by atoms with Crippen LogP contribution in [0.5, 0.6) is 0 Å². The van der Waals surface area contributed by atoms with E-state index in [1.165, 1.54) is 11.1 Å². The summed E-state index contributed by atoms with van der Waals surface area (Å²) in [6.07, 6.45) is 0.195. The van der Waals surface area contributed by atoms with Gasteiger partial charge in [0.25, 0.3) is 0 Å². The average molecular weight is 178 g/mol. The molecule has 1 saturated heterocycles. The monoisotopic (exact) mass is 178 g/mol. The van der Waals surface area contributed by atoms with Crippen LogP contribution in [0.1, 0.15) is 24.3 Å². The zero-order valence-electron chi connectivity index (χ0n) is 7.87. The predicted molar refractivity (Wildman–Crippen MR) is 50.7 cm³/mol. The Balaban J connectivity index is 2.21. The van der Waals surface area contributed by atoms with Crippen molar-refractivity contribution >= 4 is 0 Å². The van der Waals surface area contributed by atoms with Gasteiger partial charge in [-0.15, -0.1) is 0 Å². The van der Waals surface area contributed by atoms with Gasteiger partial charge in [-0.25, -0.2) is 0 Å². The lowest BCUT2D eigenvalue weighted by Crippen LogP contribution is -2.27. The Morgan fingerprint density at radius 3 is 2.69 bits per heavy atom. The fourth-order valence-corrected chi connectivity index (χ4v) is 1.50. The molecule has 2 N–H and O–H groups in total. The maximum absolute atomic E-state index is 5.37. The molecule has 1 heterocycles. The molecule has 1 aromatic carbocycles. The van der Waals surface area contributed by atoms with Crippen molar-refractivity contribution in [2.75, 3.05) is 0 Å². The smallest absolute Gasteiger partial charge is 0.156 e. The first-order valence-electron chi connectivity index (χ1n) is 4.50. The first-order chi connectivity index (χ1) is 6.27. The number of benzene rings is 1. The predicted octanol–water partition coefficient (Wildman–Crippen LogP) is 1.46. The van der Waals surface area contributed by atoms with E-state index in [9.17, 15) is 0 Å². The molecule has 0 radical (unpaired) electrons. The Hall–Kier alpha value is -0.900. The Morgan fingerprint density at radius 2 is 2.08 bits per heavy atom. The van der Waals surface area contributed by atoms with Crippen LogP contribution in [0.4, 0.5) is 0 Å². The Labute approximate surface area is 78.1 Å². The van der Waals surface area contributed by atoms with Crippen molar-refractivity contribution in [2.24, 2.45) is 0 Å². The van der Waals surface area contributed by atoms with E-state index < -0.39 is 0 Å². The molecule has 0 aromatic heterocycles. The molecule has 0 saturated carbocycles. The minimum atomic E-state index is -0.0174. The third-order valence-corrected chi connectivity index (χ3v) is 2.23. The van der Waals surface area contributed by atoms with E-state index in [1.54, 1.807) is 0 Å². The van der Waals surface area contributed by atoms with E-state index in [0.717, 1.165) is 0 Å². The summed E-state index contributed by atoms with van der Waals surface area (Å²) in [5.41, 5.74) is 5.32. The fourth-order valence-electron chi connectivity index (χ4n) is 1.50. The number of hydroxylamine groups is 1. The molecule has 0 amide bonds. The van der Waals surface area contributed by atoms with Crippen molar-refractivity contribution in [1.82, 2.24) is 10.8 Å². The molecule has 70 valence electrons. The van der Waals surface area contributed by atoms with Crippen LogP contribution in [0.15, 0.2) is 24.3 Å². The molecule has 1 aromatic rings. The lowest BCUT2D eigenvalue weighted by molar-refractivity contribution is 0.0223. The van der Waals surface area contributed by atoms with Gasteiger partial charge in [0, 0.05) is 5.56 Å². The van der Waals surface area contributed by atoms with E-state index in [0.29, 0.717) is 0 Å². The van der Waals surface area contributed by atoms with Crippen molar-refractivity contribution in [3.63, 3.8) is 0 Å². The zero-order chi connectivity index (χ0) is 9.26. The second-order valence-corrected chi connectivity index (χ2v) is 3.36. The van der Waals surface area contributed by atoms with E-state index in [2.05, 4.69) is 29.9 Å². The van der Waals surface area contributed by atoms with Crippen LogP contribution in [-0.2, 0) is 4.84 Å². The van der Waals surface area contributed by atoms with Gasteiger partial charge in [0.2, 0.25) is 0 Å². The van der Waals surface area contributed by atoms with Crippen LogP contribution >= 0.6 is 0 Å². The number of rotatable bonds is 1. The van der Waals surface area contributed by atoms with Gasteiger partial charge in [-0.3, -0.25) is 10.2 Å². The molecule has 2 rings (SSSR count). The van der Waals surface area contributed by atoms with Gasteiger partial charge in [0.05, 0.1) is 6.17 Å². The molecule has 2 atom stereocenters. The van der Waals surface area contributed by atoms with Gasteiger partial charge >= 0.3 is 0 Å². The van der Waals surface area contributed by atoms with Gasteiger partial charge in [-0.2, -0.15) is 5.48 Å². The molecule has 1 fully saturated rings. The summed E-state index contributed by atoms with van der Waals surface area (Å²) in [5.74, 6) is 0. The first kappa shape index (κ1) is 8.69. The number of aryl methyl sites for hydroxylation is 1. The molecule has 13 heavy (non-hydrogen) atoms. The minimum Gasteiger partial charge on any atom is -0.276 e. The third-order valence-electron chi connectivity index (χ3n) is 2.23. The lowest BCUT2D eigenvalue weighted by atomic mass is 10.1. The molecular weight excluding hydrogens is 164 g/mol. The van der Waals surface area contributed by atoms with Crippen LogP contribution in [0.3, 0.4) is 0 Å². The van der Waals surface area contributed by atoms with Gasteiger partial charge in [0.1, 0.15) is 0 Å². The molecule has 0 bridgehead atoms. The summed E-state index contributed by atoms with van der Waals surface area (Å²) in [7, 11) is 0. The van der Waals surface area contributed by atoms with Crippen LogP contribution < -0.4 is 10.8 Å². The maximum atomic E-state index is 5.37. The molecule has 1 aliphatic rings.